The van der Waals surface area contributed by atoms with Gasteiger partial charge in [-0.25, -0.2) is 0 Å². The van der Waals surface area contributed by atoms with Crippen molar-refractivity contribution < 1.29 is 14.6 Å². The molecule has 33 heavy (non-hydrogen) atoms. The number of hydrogen-bond donors (Lipinski definition) is 1. The van der Waals surface area contributed by atoms with Crippen molar-refractivity contribution >= 4 is 5.91 Å². The van der Waals surface area contributed by atoms with E-state index in [1.165, 1.54) is 6.42 Å². The van der Waals surface area contributed by atoms with Crippen LogP contribution in [-0.2, 0) is 12.0 Å². The Labute approximate surface area is 199 Å². The van der Waals surface area contributed by atoms with Gasteiger partial charge in [0.15, 0.2) is 0 Å². The average molecular weight is 450 g/mol. The number of unbranched alkanes of at least 4 members (excludes halogenated alkanes) is 2. The molecule has 2 aromatic rings. The molecule has 1 amide bonds. The number of phenols is 1. The predicted octanol–water partition coefficient (Wildman–Crippen LogP) is 7.13. The zero-order chi connectivity index (χ0) is 23.8. The van der Waals surface area contributed by atoms with Crippen molar-refractivity contribution in [3.8, 4) is 22.6 Å². The normalized spacial score (nSPS) is 17.1. The van der Waals surface area contributed by atoms with Gasteiger partial charge in [0.25, 0.3) is 5.91 Å². The van der Waals surface area contributed by atoms with Gasteiger partial charge in [-0.3, -0.25) is 4.79 Å². The third kappa shape index (κ3) is 4.49. The van der Waals surface area contributed by atoms with E-state index in [0.717, 1.165) is 73.6 Å². The number of carbonyl (C=O) groups is 1. The zero-order valence-electron chi connectivity index (χ0n) is 21.0. The molecule has 0 radical (unpaired) electrons. The number of nitrogens with zero attached hydrogens (tertiary/aromatic N) is 1. The zero-order valence-corrected chi connectivity index (χ0v) is 21.0. The van der Waals surface area contributed by atoms with Crippen molar-refractivity contribution in [3.05, 3.63) is 46.5 Å². The van der Waals surface area contributed by atoms with Crippen LogP contribution in [0, 0.1) is 6.92 Å². The topological polar surface area (TPSA) is 49.8 Å². The monoisotopic (exact) mass is 449 g/mol. The van der Waals surface area contributed by atoms with E-state index >= 15 is 0 Å². The molecule has 4 nitrogen and oxygen atoms in total. The lowest BCUT2D eigenvalue weighted by Gasteiger charge is -2.37. The van der Waals surface area contributed by atoms with Gasteiger partial charge < -0.3 is 14.7 Å². The first-order valence-corrected chi connectivity index (χ1v) is 12.7. The van der Waals surface area contributed by atoms with Crippen LogP contribution in [0.5, 0.6) is 11.5 Å². The summed E-state index contributed by atoms with van der Waals surface area (Å²) in [5.41, 5.74) is 4.65. The number of amides is 1. The first-order valence-electron chi connectivity index (χ1n) is 12.7. The van der Waals surface area contributed by atoms with Crippen molar-refractivity contribution in [2.75, 3.05) is 7.05 Å². The van der Waals surface area contributed by atoms with Crippen molar-refractivity contribution in [2.24, 2.45) is 0 Å². The molecule has 0 saturated heterocycles. The fourth-order valence-corrected chi connectivity index (χ4v) is 5.57. The highest BCUT2D eigenvalue weighted by atomic mass is 16.5. The number of rotatable bonds is 6. The predicted molar refractivity (Wildman–Crippen MR) is 134 cm³/mol. The molecule has 0 aromatic heterocycles. The molecule has 1 aliphatic heterocycles. The standard InChI is InChI=1S/C29H39NO3/c1-6-7-9-12-20-18-24-26(22-17-19(2)15-16-23(22)29(3,4)33-24)27(31)25(20)28(32)30(5)21-13-10-8-11-14-21/h15-18,21,31H,6-14H2,1-5H3. The second-order valence-electron chi connectivity index (χ2n) is 10.5. The van der Waals surface area contributed by atoms with Crippen LogP contribution in [0.1, 0.15) is 99.2 Å². The van der Waals surface area contributed by atoms with Crippen LogP contribution in [-0.4, -0.2) is 29.0 Å². The lowest BCUT2D eigenvalue weighted by molar-refractivity contribution is 0.0691. The van der Waals surface area contributed by atoms with Crippen LogP contribution >= 0.6 is 0 Å². The molecule has 2 aromatic carbocycles. The highest BCUT2D eigenvalue weighted by Gasteiger charge is 2.37. The van der Waals surface area contributed by atoms with E-state index in [9.17, 15) is 9.90 Å². The Morgan fingerprint density at radius 2 is 1.88 bits per heavy atom. The number of hydrogen-bond acceptors (Lipinski definition) is 3. The number of aryl methyl sites for hydroxylation is 2. The minimum atomic E-state index is -0.506. The second-order valence-corrected chi connectivity index (χ2v) is 10.5. The number of fused-ring (bicyclic) bond motifs is 3. The van der Waals surface area contributed by atoms with E-state index in [2.05, 4.69) is 45.9 Å². The van der Waals surface area contributed by atoms with E-state index in [0.29, 0.717) is 16.9 Å². The lowest BCUT2D eigenvalue weighted by Crippen LogP contribution is -2.39. The van der Waals surface area contributed by atoms with Crippen molar-refractivity contribution in [1.29, 1.82) is 0 Å². The van der Waals surface area contributed by atoms with Crippen LogP contribution in [0.15, 0.2) is 24.3 Å². The van der Waals surface area contributed by atoms with Gasteiger partial charge in [0, 0.05) is 18.7 Å². The molecule has 178 valence electrons. The Balaban J connectivity index is 1.85. The Morgan fingerprint density at radius 1 is 1.15 bits per heavy atom. The van der Waals surface area contributed by atoms with Gasteiger partial charge in [0.1, 0.15) is 17.1 Å². The minimum absolute atomic E-state index is 0.0623. The van der Waals surface area contributed by atoms with Crippen LogP contribution in [0.4, 0.5) is 0 Å². The summed E-state index contributed by atoms with van der Waals surface area (Å²) in [4.78, 5) is 15.7. The minimum Gasteiger partial charge on any atom is -0.506 e. The molecular weight excluding hydrogens is 410 g/mol. The fraction of sp³-hybridized carbons (Fsp3) is 0.552. The molecule has 1 aliphatic carbocycles. The maximum absolute atomic E-state index is 13.8. The van der Waals surface area contributed by atoms with Gasteiger partial charge in [0.05, 0.1) is 11.1 Å². The largest absolute Gasteiger partial charge is 0.506 e. The Kier molecular flexibility index (Phi) is 6.74. The molecular formula is C29H39NO3. The van der Waals surface area contributed by atoms with E-state index in [1.54, 1.807) is 0 Å². The number of aromatic hydroxyl groups is 1. The summed E-state index contributed by atoms with van der Waals surface area (Å²) in [5, 5.41) is 11.7. The van der Waals surface area contributed by atoms with Crippen molar-refractivity contribution in [2.45, 2.75) is 97.1 Å². The molecule has 1 fully saturated rings. The molecule has 1 saturated carbocycles. The maximum atomic E-state index is 13.8. The summed E-state index contributed by atoms with van der Waals surface area (Å²) in [6, 6.07) is 8.54. The summed E-state index contributed by atoms with van der Waals surface area (Å²) in [6.07, 6.45) is 9.61. The van der Waals surface area contributed by atoms with Crippen molar-refractivity contribution in [1.82, 2.24) is 4.90 Å². The molecule has 1 heterocycles. The molecule has 4 rings (SSSR count). The van der Waals surface area contributed by atoms with Gasteiger partial charge in [-0.2, -0.15) is 0 Å². The van der Waals surface area contributed by atoms with Gasteiger partial charge >= 0.3 is 0 Å². The summed E-state index contributed by atoms with van der Waals surface area (Å²) in [7, 11) is 1.91. The molecule has 2 aliphatic rings. The SMILES string of the molecule is CCCCCc1cc2c(c(O)c1C(=O)N(C)C1CCCCC1)-c1cc(C)ccc1C(C)(C)O2. The summed E-state index contributed by atoms with van der Waals surface area (Å²) < 4.78 is 6.44. The number of ether oxygens (including phenoxy) is 1. The second kappa shape index (κ2) is 9.40. The molecule has 0 bridgehead atoms. The highest BCUT2D eigenvalue weighted by molar-refractivity contribution is 6.02. The van der Waals surface area contributed by atoms with Crippen LogP contribution in [0.25, 0.3) is 11.1 Å². The van der Waals surface area contributed by atoms with Crippen LogP contribution in [0.2, 0.25) is 0 Å². The third-order valence-electron chi connectivity index (χ3n) is 7.51. The quantitative estimate of drug-likeness (QED) is 0.477. The Bertz CT molecular complexity index is 1030. The highest BCUT2D eigenvalue weighted by Crippen LogP contribution is 2.51. The van der Waals surface area contributed by atoms with Gasteiger partial charge in [-0.05, 0) is 63.6 Å². The average Bonchev–Trinajstić information content (AvgIpc) is 2.78. The smallest absolute Gasteiger partial charge is 0.257 e. The fourth-order valence-electron chi connectivity index (χ4n) is 5.57. The van der Waals surface area contributed by atoms with Crippen molar-refractivity contribution in [3.63, 3.8) is 0 Å². The van der Waals surface area contributed by atoms with Gasteiger partial charge in [-0.15, -0.1) is 0 Å². The van der Waals surface area contributed by atoms with E-state index < -0.39 is 5.60 Å². The van der Waals surface area contributed by atoms with Gasteiger partial charge in [0.2, 0.25) is 0 Å². The molecule has 0 spiro atoms. The molecule has 0 atom stereocenters. The molecule has 4 heteroatoms. The Morgan fingerprint density at radius 3 is 2.58 bits per heavy atom. The first-order chi connectivity index (χ1) is 15.7. The van der Waals surface area contributed by atoms with E-state index in [4.69, 9.17) is 4.74 Å². The first kappa shape index (κ1) is 23.7. The Hall–Kier alpha value is -2.49. The van der Waals surface area contributed by atoms with Crippen LogP contribution in [0.3, 0.4) is 0 Å². The van der Waals surface area contributed by atoms with Gasteiger partial charge in [-0.1, -0.05) is 62.8 Å². The lowest BCUT2D eigenvalue weighted by atomic mass is 9.82. The molecule has 1 N–H and O–H groups in total. The van der Waals surface area contributed by atoms with E-state index in [-0.39, 0.29) is 17.7 Å². The van der Waals surface area contributed by atoms with Crippen LogP contribution < -0.4 is 4.74 Å². The maximum Gasteiger partial charge on any atom is 0.257 e. The third-order valence-corrected chi connectivity index (χ3v) is 7.51. The van der Waals surface area contributed by atoms with E-state index in [1.807, 2.05) is 18.0 Å². The summed E-state index contributed by atoms with van der Waals surface area (Å²) >= 11 is 0. The number of carbonyl (C=O) groups excluding carboxylic acids is 1. The number of benzene rings is 2. The summed E-state index contributed by atoms with van der Waals surface area (Å²) in [5.74, 6) is 0.695. The molecule has 0 unspecified atom stereocenters. The number of phenolic OH excluding ortho intramolecular Hbond substituents is 1. The summed E-state index contributed by atoms with van der Waals surface area (Å²) in [6.45, 7) is 8.36.